The van der Waals surface area contributed by atoms with E-state index in [0.29, 0.717) is 11.9 Å². The quantitative estimate of drug-likeness (QED) is 0.677. The van der Waals surface area contributed by atoms with Gasteiger partial charge in [0.25, 0.3) is 0 Å². The van der Waals surface area contributed by atoms with Gasteiger partial charge >= 0.3 is 0 Å². The molecule has 3 nitrogen and oxygen atoms in total. The van der Waals surface area contributed by atoms with Gasteiger partial charge in [-0.15, -0.1) is 0 Å². The summed E-state index contributed by atoms with van der Waals surface area (Å²) < 4.78 is 0. The van der Waals surface area contributed by atoms with Crippen LogP contribution < -0.4 is 0 Å². The Morgan fingerprint density at radius 2 is 1.94 bits per heavy atom. The van der Waals surface area contributed by atoms with Crippen molar-refractivity contribution in [2.45, 2.75) is 45.6 Å². The van der Waals surface area contributed by atoms with E-state index in [-0.39, 0.29) is 5.92 Å². The van der Waals surface area contributed by atoms with E-state index < -0.39 is 0 Å². The summed E-state index contributed by atoms with van der Waals surface area (Å²) in [5.74, 6) is 0.487. The van der Waals surface area contributed by atoms with Gasteiger partial charge in [-0.2, -0.15) is 0 Å². The Bertz CT molecular complexity index is 252. The lowest BCUT2D eigenvalue weighted by Gasteiger charge is -2.41. The second-order valence-electron chi connectivity index (χ2n) is 5.48. The first kappa shape index (κ1) is 11.9. The zero-order valence-electron chi connectivity index (χ0n) is 10.6. The fourth-order valence-corrected chi connectivity index (χ4v) is 2.90. The summed E-state index contributed by atoms with van der Waals surface area (Å²) in [7, 11) is 0. The average molecular weight is 224 g/mol. The van der Waals surface area contributed by atoms with E-state index in [1.54, 1.807) is 0 Å². The van der Waals surface area contributed by atoms with Gasteiger partial charge in [-0.3, -0.25) is 9.69 Å². The Balaban J connectivity index is 1.95. The number of carbonyl (C=O) groups excluding carboxylic acids is 1. The van der Waals surface area contributed by atoms with E-state index in [4.69, 9.17) is 0 Å². The highest BCUT2D eigenvalue weighted by atomic mass is 16.2. The summed E-state index contributed by atoms with van der Waals surface area (Å²) in [4.78, 5) is 16.6. The third-order valence-corrected chi connectivity index (χ3v) is 3.89. The number of hydrogen-bond donors (Lipinski definition) is 0. The average Bonchev–Trinajstić information content (AvgIpc) is 2.51. The van der Waals surface area contributed by atoms with Gasteiger partial charge < -0.3 is 4.90 Å². The summed E-state index contributed by atoms with van der Waals surface area (Å²) in [6.45, 7) is 8.24. The largest absolute Gasteiger partial charge is 0.340 e. The normalized spacial score (nSPS) is 27.7. The first-order valence-electron chi connectivity index (χ1n) is 6.71. The zero-order chi connectivity index (χ0) is 11.5. The topological polar surface area (TPSA) is 23.6 Å². The van der Waals surface area contributed by atoms with E-state index in [2.05, 4.69) is 9.80 Å². The molecule has 0 N–H and O–H groups in total. The molecule has 0 radical (unpaired) electrons. The van der Waals surface area contributed by atoms with Crippen molar-refractivity contribution in [3.63, 3.8) is 0 Å². The number of fused-ring (bicyclic) bond motifs is 1. The first-order valence-corrected chi connectivity index (χ1v) is 6.71. The number of piperazine rings is 1. The first-order chi connectivity index (χ1) is 7.68. The monoisotopic (exact) mass is 224 g/mol. The van der Waals surface area contributed by atoms with Crippen LogP contribution >= 0.6 is 0 Å². The number of rotatable bonds is 1. The van der Waals surface area contributed by atoms with Crippen molar-refractivity contribution in [2.75, 3.05) is 26.2 Å². The second-order valence-corrected chi connectivity index (χ2v) is 5.48. The van der Waals surface area contributed by atoms with Crippen molar-refractivity contribution in [3.8, 4) is 0 Å². The molecule has 2 heterocycles. The van der Waals surface area contributed by atoms with Crippen molar-refractivity contribution < 1.29 is 4.79 Å². The molecule has 0 aliphatic carbocycles. The number of amides is 1. The Labute approximate surface area is 98.8 Å². The van der Waals surface area contributed by atoms with Crippen molar-refractivity contribution >= 4 is 5.91 Å². The zero-order valence-corrected chi connectivity index (χ0v) is 10.6. The van der Waals surface area contributed by atoms with Crippen LogP contribution in [0.5, 0.6) is 0 Å². The summed E-state index contributed by atoms with van der Waals surface area (Å²) in [6.07, 6.45) is 5.33. The van der Waals surface area contributed by atoms with Gasteiger partial charge in [0.15, 0.2) is 0 Å². The van der Waals surface area contributed by atoms with Gasteiger partial charge in [-0.1, -0.05) is 26.7 Å². The maximum atomic E-state index is 12.0. The smallest absolute Gasteiger partial charge is 0.225 e. The van der Waals surface area contributed by atoms with Crippen molar-refractivity contribution in [1.82, 2.24) is 9.80 Å². The summed E-state index contributed by atoms with van der Waals surface area (Å²) in [5, 5.41) is 0. The van der Waals surface area contributed by atoms with E-state index >= 15 is 0 Å². The minimum Gasteiger partial charge on any atom is -0.340 e. The van der Waals surface area contributed by atoms with Crippen LogP contribution in [0.4, 0.5) is 0 Å². The molecule has 2 saturated heterocycles. The number of carbonyl (C=O) groups is 1. The highest BCUT2D eigenvalue weighted by molar-refractivity contribution is 5.78. The predicted molar refractivity (Wildman–Crippen MR) is 65.2 cm³/mol. The highest BCUT2D eigenvalue weighted by Gasteiger charge is 2.30. The second kappa shape index (κ2) is 5.17. The molecule has 0 aromatic carbocycles. The molecule has 2 aliphatic rings. The van der Waals surface area contributed by atoms with Crippen LogP contribution in [0.3, 0.4) is 0 Å². The Morgan fingerprint density at radius 3 is 2.69 bits per heavy atom. The lowest BCUT2D eigenvalue weighted by molar-refractivity contribution is -0.137. The van der Waals surface area contributed by atoms with Gasteiger partial charge in [0.05, 0.1) is 0 Å². The molecule has 0 aromatic rings. The van der Waals surface area contributed by atoms with Crippen LogP contribution in [-0.2, 0) is 4.79 Å². The molecule has 3 heteroatoms. The molecular formula is C13H24N2O. The van der Waals surface area contributed by atoms with Crippen LogP contribution in [-0.4, -0.2) is 47.9 Å². The molecule has 16 heavy (non-hydrogen) atoms. The third-order valence-electron chi connectivity index (χ3n) is 3.89. The molecule has 0 bridgehead atoms. The van der Waals surface area contributed by atoms with Crippen LogP contribution in [0.2, 0.25) is 0 Å². The van der Waals surface area contributed by atoms with E-state index in [0.717, 1.165) is 19.6 Å². The van der Waals surface area contributed by atoms with Crippen LogP contribution in [0.25, 0.3) is 0 Å². The SMILES string of the molecule is CC(C)C(=O)N1CCN2CCCCCC2C1. The highest BCUT2D eigenvalue weighted by Crippen LogP contribution is 2.21. The van der Waals surface area contributed by atoms with Crippen LogP contribution in [0, 0.1) is 5.92 Å². The van der Waals surface area contributed by atoms with Gasteiger partial charge in [0.2, 0.25) is 5.91 Å². The molecule has 0 spiro atoms. The van der Waals surface area contributed by atoms with E-state index in [1.807, 2.05) is 13.8 Å². The molecule has 1 atom stereocenters. The maximum absolute atomic E-state index is 12.0. The molecule has 2 aliphatic heterocycles. The minimum atomic E-state index is 0.150. The fourth-order valence-electron chi connectivity index (χ4n) is 2.90. The fraction of sp³-hybridized carbons (Fsp3) is 0.923. The van der Waals surface area contributed by atoms with Gasteiger partial charge in [0, 0.05) is 31.6 Å². The third kappa shape index (κ3) is 2.57. The Morgan fingerprint density at radius 1 is 1.12 bits per heavy atom. The van der Waals surface area contributed by atoms with Crippen molar-refractivity contribution in [2.24, 2.45) is 5.92 Å². The number of nitrogens with zero attached hydrogens (tertiary/aromatic N) is 2. The van der Waals surface area contributed by atoms with E-state index in [1.165, 1.54) is 32.2 Å². The predicted octanol–water partition coefficient (Wildman–Crippen LogP) is 1.73. The molecule has 2 rings (SSSR count). The lowest BCUT2D eigenvalue weighted by Crippen LogP contribution is -2.55. The minimum absolute atomic E-state index is 0.150. The summed E-state index contributed by atoms with van der Waals surface area (Å²) >= 11 is 0. The molecule has 1 unspecified atom stereocenters. The van der Waals surface area contributed by atoms with Crippen LogP contribution in [0.1, 0.15) is 39.5 Å². The molecule has 0 aromatic heterocycles. The summed E-state index contributed by atoms with van der Waals surface area (Å²) in [5.41, 5.74) is 0. The Hall–Kier alpha value is -0.570. The molecule has 2 fully saturated rings. The molecular weight excluding hydrogens is 200 g/mol. The van der Waals surface area contributed by atoms with Gasteiger partial charge in [-0.25, -0.2) is 0 Å². The number of hydrogen-bond acceptors (Lipinski definition) is 2. The van der Waals surface area contributed by atoms with Crippen LogP contribution in [0.15, 0.2) is 0 Å². The van der Waals surface area contributed by atoms with Gasteiger partial charge in [-0.05, 0) is 19.4 Å². The Kier molecular flexibility index (Phi) is 3.85. The standard InChI is InChI=1S/C13H24N2O/c1-11(2)13(16)15-9-8-14-7-5-3-4-6-12(14)10-15/h11-12H,3-10H2,1-2H3. The molecule has 1 amide bonds. The maximum Gasteiger partial charge on any atom is 0.225 e. The molecule has 0 saturated carbocycles. The summed E-state index contributed by atoms with van der Waals surface area (Å²) in [6, 6.07) is 0.638. The molecule has 92 valence electrons. The lowest BCUT2D eigenvalue weighted by atomic mass is 10.1. The van der Waals surface area contributed by atoms with Crippen molar-refractivity contribution in [1.29, 1.82) is 0 Å². The van der Waals surface area contributed by atoms with Gasteiger partial charge in [0.1, 0.15) is 0 Å². The van der Waals surface area contributed by atoms with E-state index in [9.17, 15) is 4.79 Å². The van der Waals surface area contributed by atoms with Crippen molar-refractivity contribution in [3.05, 3.63) is 0 Å².